The van der Waals surface area contributed by atoms with Crippen LogP contribution in [0.3, 0.4) is 0 Å². The number of hydrogen-bond acceptors (Lipinski definition) is 8. The first kappa shape index (κ1) is 26.9. The highest BCUT2D eigenvalue weighted by molar-refractivity contribution is 7.18. The summed E-state index contributed by atoms with van der Waals surface area (Å²) < 4.78 is 8.47. The minimum Gasteiger partial charge on any atom is -0.491 e. The van der Waals surface area contributed by atoms with Crippen LogP contribution in [0.2, 0.25) is 5.02 Å². The molecule has 0 saturated heterocycles. The number of nitrogens with zero attached hydrogens (tertiary/aromatic N) is 5. The van der Waals surface area contributed by atoms with Crippen LogP contribution in [-0.4, -0.2) is 37.2 Å². The van der Waals surface area contributed by atoms with Crippen molar-refractivity contribution in [3.05, 3.63) is 79.6 Å². The second-order valence-corrected chi connectivity index (χ2v) is 11.2. The van der Waals surface area contributed by atoms with Crippen LogP contribution in [0, 0.1) is 18.3 Å². The molecule has 206 valence electrons. The summed E-state index contributed by atoms with van der Waals surface area (Å²) in [6.45, 7) is 4.05. The number of aromatic carboxylic acids is 1. The zero-order valence-electron chi connectivity index (χ0n) is 22.3. The first-order chi connectivity index (χ1) is 19.8. The number of carbonyl (C=O) groups is 1. The van der Waals surface area contributed by atoms with Crippen LogP contribution in [0.4, 0.5) is 0 Å². The van der Waals surface area contributed by atoms with Gasteiger partial charge >= 0.3 is 5.97 Å². The quantitative estimate of drug-likeness (QED) is 0.230. The maximum Gasteiger partial charge on any atom is 0.338 e. The lowest BCUT2D eigenvalue weighted by atomic mass is 10.0. The first-order valence-corrected chi connectivity index (χ1v) is 14.4. The average molecular weight is 586 g/mol. The second kappa shape index (κ2) is 10.6. The zero-order chi connectivity index (χ0) is 28.8. The Morgan fingerprint density at radius 3 is 2.78 bits per heavy atom. The van der Waals surface area contributed by atoms with Gasteiger partial charge in [-0.05, 0) is 50.5 Å². The molecule has 1 aliphatic carbocycles. The Hall–Kier alpha value is -4.33. The maximum absolute atomic E-state index is 13.6. The van der Waals surface area contributed by atoms with Crippen LogP contribution in [0.5, 0.6) is 5.75 Å². The minimum atomic E-state index is -1.03. The average Bonchev–Trinajstić information content (AvgIpc) is 3.71. The Bertz CT molecular complexity index is 1970. The van der Waals surface area contributed by atoms with E-state index in [0.717, 1.165) is 28.8 Å². The zero-order valence-corrected chi connectivity index (χ0v) is 23.8. The Morgan fingerprint density at radius 1 is 1.27 bits per heavy atom. The van der Waals surface area contributed by atoms with Crippen LogP contribution < -0.4 is 10.3 Å². The van der Waals surface area contributed by atoms with Gasteiger partial charge in [-0.25, -0.2) is 9.78 Å². The Kier molecular flexibility index (Phi) is 6.93. The molecule has 0 atom stereocenters. The van der Waals surface area contributed by atoms with E-state index in [1.807, 2.05) is 13.0 Å². The normalized spacial score (nSPS) is 13.0. The van der Waals surface area contributed by atoms with E-state index < -0.39 is 5.97 Å². The monoisotopic (exact) mass is 585 g/mol. The summed E-state index contributed by atoms with van der Waals surface area (Å²) in [6.07, 6.45) is 4.13. The molecule has 11 heteroatoms. The number of aryl methyl sites for hydroxylation is 2. The van der Waals surface area contributed by atoms with E-state index in [-0.39, 0.29) is 30.2 Å². The third-order valence-electron chi connectivity index (χ3n) is 7.27. The number of carboxylic acid groups (broad SMARTS) is 1. The molecular formula is C30H24ClN5O4S. The largest absolute Gasteiger partial charge is 0.491 e. The summed E-state index contributed by atoms with van der Waals surface area (Å²) in [5.41, 5.74) is 3.91. The minimum absolute atomic E-state index is 0.144. The number of fused-ring (bicyclic) bond motifs is 2. The van der Waals surface area contributed by atoms with E-state index in [0.29, 0.717) is 56.3 Å². The van der Waals surface area contributed by atoms with E-state index >= 15 is 0 Å². The molecule has 4 heterocycles. The van der Waals surface area contributed by atoms with Crippen molar-refractivity contribution in [1.82, 2.24) is 19.5 Å². The third-order valence-corrected chi connectivity index (χ3v) is 8.51. The molecule has 1 fully saturated rings. The molecule has 0 spiro atoms. The number of benzene rings is 1. The van der Waals surface area contributed by atoms with Crippen LogP contribution in [0.15, 0.2) is 40.6 Å². The Balaban J connectivity index is 1.36. The van der Waals surface area contributed by atoms with Crippen molar-refractivity contribution in [2.75, 3.05) is 6.61 Å². The molecule has 0 bridgehead atoms. The van der Waals surface area contributed by atoms with Gasteiger partial charge in [0.25, 0.3) is 5.56 Å². The number of hydrogen-bond donors (Lipinski definition) is 1. The van der Waals surface area contributed by atoms with Gasteiger partial charge in [0.1, 0.15) is 24.3 Å². The number of thiophene rings is 1. The number of aromatic nitrogens is 4. The van der Waals surface area contributed by atoms with Crippen LogP contribution >= 0.6 is 22.9 Å². The van der Waals surface area contributed by atoms with Gasteiger partial charge < -0.3 is 9.84 Å². The summed E-state index contributed by atoms with van der Waals surface area (Å²) in [5, 5.41) is 21.9. The maximum atomic E-state index is 13.6. The predicted octanol–water partition coefficient (Wildman–Crippen LogP) is 6.12. The van der Waals surface area contributed by atoms with E-state index in [2.05, 4.69) is 21.0 Å². The van der Waals surface area contributed by atoms with E-state index in [1.54, 1.807) is 36.7 Å². The second-order valence-electron chi connectivity index (χ2n) is 9.92. The van der Waals surface area contributed by atoms with Crippen molar-refractivity contribution >= 4 is 50.0 Å². The number of ether oxygens (including phenoxy) is 1. The highest BCUT2D eigenvalue weighted by atomic mass is 35.5. The molecular weight excluding hydrogens is 562 g/mol. The van der Waals surface area contributed by atoms with Crippen molar-refractivity contribution in [2.45, 2.75) is 45.6 Å². The molecule has 9 nitrogen and oxygen atoms in total. The van der Waals surface area contributed by atoms with Gasteiger partial charge in [-0.3, -0.25) is 19.3 Å². The summed E-state index contributed by atoms with van der Waals surface area (Å²) in [5.74, 6) is 0.217. The lowest BCUT2D eigenvalue weighted by Crippen LogP contribution is -2.27. The van der Waals surface area contributed by atoms with Crippen molar-refractivity contribution in [3.63, 3.8) is 0 Å². The van der Waals surface area contributed by atoms with E-state index in [4.69, 9.17) is 16.3 Å². The third kappa shape index (κ3) is 4.81. The van der Waals surface area contributed by atoms with Gasteiger partial charge in [0, 0.05) is 33.1 Å². The van der Waals surface area contributed by atoms with Crippen molar-refractivity contribution in [3.8, 4) is 22.9 Å². The van der Waals surface area contributed by atoms with Crippen LogP contribution in [0.1, 0.15) is 58.8 Å². The van der Waals surface area contributed by atoms with Crippen molar-refractivity contribution in [2.24, 2.45) is 0 Å². The lowest BCUT2D eigenvalue weighted by Gasteiger charge is -2.16. The Labute approximate surface area is 243 Å². The molecule has 1 aliphatic rings. The van der Waals surface area contributed by atoms with Gasteiger partial charge in [-0.1, -0.05) is 18.5 Å². The van der Waals surface area contributed by atoms with Gasteiger partial charge in [0.05, 0.1) is 50.7 Å². The highest BCUT2D eigenvalue weighted by Gasteiger charge is 2.30. The smallest absolute Gasteiger partial charge is 0.338 e. The molecule has 0 amide bonds. The Morgan fingerprint density at radius 2 is 2.07 bits per heavy atom. The number of pyridine rings is 2. The molecule has 6 rings (SSSR count). The number of carboxylic acids is 1. The van der Waals surface area contributed by atoms with Gasteiger partial charge in [-0.2, -0.15) is 5.26 Å². The predicted molar refractivity (Wildman–Crippen MR) is 157 cm³/mol. The first-order valence-electron chi connectivity index (χ1n) is 13.2. The molecule has 5 aromatic rings. The van der Waals surface area contributed by atoms with Crippen LogP contribution in [0.25, 0.3) is 32.2 Å². The topological polar surface area (TPSA) is 131 Å². The number of halogens is 1. The molecule has 4 aromatic heterocycles. The van der Waals surface area contributed by atoms with Gasteiger partial charge in [-0.15, -0.1) is 11.3 Å². The van der Waals surface area contributed by atoms with E-state index in [9.17, 15) is 20.0 Å². The van der Waals surface area contributed by atoms with Gasteiger partial charge in [0.15, 0.2) is 0 Å². The fraction of sp³-hybridized carbons (Fsp3) is 0.267. The van der Waals surface area contributed by atoms with Crippen molar-refractivity contribution in [1.29, 1.82) is 5.26 Å². The molecule has 0 aliphatic heterocycles. The number of rotatable bonds is 8. The number of nitriles is 1. The summed E-state index contributed by atoms with van der Waals surface area (Å²) in [7, 11) is 0. The molecule has 0 radical (unpaired) electrons. The SMILES string of the molecule is CCc1cc(-c2cc(Cl)ccc2OCCn2c(C)nc3cnc(C4CC4)c(C#N)c3c2=O)c2scc(C(=O)O)c2n1. The van der Waals surface area contributed by atoms with Gasteiger partial charge in [0.2, 0.25) is 0 Å². The lowest BCUT2D eigenvalue weighted by molar-refractivity contribution is 0.0699. The fourth-order valence-electron chi connectivity index (χ4n) is 5.06. The highest BCUT2D eigenvalue weighted by Crippen LogP contribution is 2.42. The molecule has 1 aromatic carbocycles. The standard InChI is InChI=1S/C30H24ClN5O4S/c1-3-18-11-20(28-27(35-18)22(14-41-28)30(38)39)19-10-17(31)6-7-24(19)40-9-8-36-15(2)34-23-13-33-26(16-4-5-16)21(12-32)25(23)29(36)37/h6-7,10-11,13-14,16H,3-5,8-9H2,1-2H3,(H,38,39). The van der Waals surface area contributed by atoms with Crippen LogP contribution in [-0.2, 0) is 13.0 Å². The molecule has 1 N–H and O–H groups in total. The molecule has 0 unspecified atom stereocenters. The summed E-state index contributed by atoms with van der Waals surface area (Å²) in [4.78, 5) is 39.0. The molecule has 1 saturated carbocycles. The molecule has 41 heavy (non-hydrogen) atoms. The van der Waals surface area contributed by atoms with Crippen molar-refractivity contribution < 1.29 is 14.6 Å². The fourth-order valence-corrected chi connectivity index (χ4v) is 6.24. The summed E-state index contributed by atoms with van der Waals surface area (Å²) >= 11 is 7.70. The summed E-state index contributed by atoms with van der Waals surface area (Å²) in [6, 6.07) is 9.39. The van der Waals surface area contributed by atoms with E-state index in [1.165, 1.54) is 15.9 Å².